The van der Waals surface area contributed by atoms with Gasteiger partial charge >= 0.3 is 0 Å². The van der Waals surface area contributed by atoms with E-state index in [2.05, 4.69) is 15.9 Å². The summed E-state index contributed by atoms with van der Waals surface area (Å²) in [6, 6.07) is 1.76. The van der Waals surface area contributed by atoms with Crippen molar-refractivity contribution >= 4 is 15.9 Å². The van der Waals surface area contributed by atoms with Crippen molar-refractivity contribution in [2.24, 2.45) is 0 Å². The summed E-state index contributed by atoms with van der Waals surface area (Å²) in [5.74, 6) is 0. The van der Waals surface area contributed by atoms with Crippen LogP contribution in [0.25, 0.3) is 0 Å². The fourth-order valence-corrected chi connectivity index (χ4v) is 1.73. The highest BCUT2D eigenvalue weighted by Crippen LogP contribution is 2.08. The number of halogens is 2. The summed E-state index contributed by atoms with van der Waals surface area (Å²) < 4.78 is 14.3. The van der Waals surface area contributed by atoms with Crippen LogP contribution in [0.4, 0.5) is 4.39 Å². The van der Waals surface area contributed by atoms with Gasteiger partial charge in [-0.15, -0.1) is 0 Å². The molecule has 0 fully saturated rings. The maximum Gasteiger partial charge on any atom is 0.253 e. The molecule has 0 spiro atoms. The van der Waals surface area contributed by atoms with Crippen LogP contribution >= 0.6 is 15.9 Å². The first-order valence-electron chi connectivity index (χ1n) is 4.07. The van der Waals surface area contributed by atoms with Crippen molar-refractivity contribution in [2.45, 2.75) is 19.9 Å². The van der Waals surface area contributed by atoms with Crippen LogP contribution in [0.3, 0.4) is 0 Å². The van der Waals surface area contributed by atoms with Gasteiger partial charge in [0.25, 0.3) is 5.56 Å². The molecule has 1 heterocycles. The van der Waals surface area contributed by atoms with Gasteiger partial charge in [0.2, 0.25) is 0 Å². The molecule has 4 heteroatoms. The lowest BCUT2D eigenvalue weighted by atomic mass is 10.3. The SMILES string of the molecule is Cc1cc(Br)cn(CCCF)c1=O. The van der Waals surface area contributed by atoms with Gasteiger partial charge < -0.3 is 4.57 Å². The van der Waals surface area contributed by atoms with Gasteiger partial charge in [-0.3, -0.25) is 9.18 Å². The zero-order chi connectivity index (χ0) is 9.84. The van der Waals surface area contributed by atoms with E-state index in [9.17, 15) is 9.18 Å². The Hall–Kier alpha value is -0.640. The van der Waals surface area contributed by atoms with E-state index >= 15 is 0 Å². The Morgan fingerprint density at radius 3 is 2.92 bits per heavy atom. The van der Waals surface area contributed by atoms with Crippen LogP contribution in [0.1, 0.15) is 12.0 Å². The van der Waals surface area contributed by atoms with Gasteiger partial charge in [-0.05, 0) is 35.3 Å². The lowest BCUT2D eigenvalue weighted by Crippen LogP contribution is -2.21. The van der Waals surface area contributed by atoms with Crippen molar-refractivity contribution < 1.29 is 4.39 Å². The van der Waals surface area contributed by atoms with Crippen LogP contribution in [-0.4, -0.2) is 11.2 Å². The predicted octanol–water partition coefficient (Wildman–Crippen LogP) is 2.28. The quantitative estimate of drug-likeness (QED) is 0.804. The molecule has 0 bridgehead atoms. The van der Waals surface area contributed by atoms with Crippen LogP contribution in [0.5, 0.6) is 0 Å². The lowest BCUT2D eigenvalue weighted by molar-refractivity contribution is 0.443. The number of aromatic nitrogens is 1. The van der Waals surface area contributed by atoms with E-state index in [1.165, 1.54) is 4.57 Å². The summed E-state index contributed by atoms with van der Waals surface area (Å²) >= 11 is 3.29. The summed E-state index contributed by atoms with van der Waals surface area (Å²) in [5, 5.41) is 0. The van der Waals surface area contributed by atoms with Crippen molar-refractivity contribution in [1.29, 1.82) is 0 Å². The van der Waals surface area contributed by atoms with Gasteiger partial charge in [0.05, 0.1) is 6.67 Å². The van der Waals surface area contributed by atoms with Gasteiger partial charge in [0.15, 0.2) is 0 Å². The smallest absolute Gasteiger partial charge is 0.253 e. The predicted molar refractivity (Wildman–Crippen MR) is 53.7 cm³/mol. The summed E-state index contributed by atoms with van der Waals surface area (Å²) in [6.07, 6.45) is 2.07. The summed E-state index contributed by atoms with van der Waals surface area (Å²) in [5.41, 5.74) is 0.630. The molecule has 0 saturated heterocycles. The Kier molecular flexibility index (Phi) is 3.66. The third kappa shape index (κ3) is 2.66. The van der Waals surface area contributed by atoms with Gasteiger partial charge in [-0.2, -0.15) is 0 Å². The topological polar surface area (TPSA) is 22.0 Å². The highest BCUT2D eigenvalue weighted by molar-refractivity contribution is 9.10. The average molecular weight is 248 g/mol. The number of rotatable bonds is 3. The molecule has 72 valence electrons. The van der Waals surface area contributed by atoms with Crippen molar-refractivity contribution in [3.63, 3.8) is 0 Å². The molecule has 0 saturated carbocycles. The van der Waals surface area contributed by atoms with Crippen molar-refractivity contribution in [3.05, 3.63) is 32.7 Å². The second-order valence-corrected chi connectivity index (χ2v) is 3.80. The minimum absolute atomic E-state index is 0.0448. The van der Waals surface area contributed by atoms with Crippen molar-refractivity contribution in [2.75, 3.05) is 6.67 Å². The van der Waals surface area contributed by atoms with Gasteiger partial charge in [0, 0.05) is 22.8 Å². The highest BCUT2D eigenvalue weighted by atomic mass is 79.9. The maximum atomic E-state index is 11.9. The van der Waals surface area contributed by atoms with Gasteiger partial charge in [0.1, 0.15) is 0 Å². The van der Waals surface area contributed by atoms with Crippen LogP contribution in [-0.2, 0) is 6.54 Å². The Balaban J connectivity index is 2.99. The second kappa shape index (κ2) is 4.56. The molecule has 0 radical (unpaired) electrons. The minimum Gasteiger partial charge on any atom is -0.314 e. The Morgan fingerprint density at radius 2 is 2.31 bits per heavy atom. The Labute approximate surface area is 84.5 Å². The van der Waals surface area contributed by atoms with Crippen molar-refractivity contribution in [1.82, 2.24) is 4.57 Å². The highest BCUT2D eigenvalue weighted by Gasteiger charge is 2.00. The zero-order valence-electron chi connectivity index (χ0n) is 7.39. The van der Waals surface area contributed by atoms with E-state index in [0.717, 1.165) is 4.47 Å². The molecule has 13 heavy (non-hydrogen) atoms. The zero-order valence-corrected chi connectivity index (χ0v) is 8.97. The monoisotopic (exact) mass is 247 g/mol. The molecule has 0 aliphatic heterocycles. The second-order valence-electron chi connectivity index (χ2n) is 2.88. The third-order valence-corrected chi connectivity index (χ3v) is 2.20. The van der Waals surface area contributed by atoms with E-state index < -0.39 is 6.67 Å². The van der Waals surface area contributed by atoms with Gasteiger partial charge in [-0.25, -0.2) is 0 Å². The standard InChI is InChI=1S/C9H11BrFNO/c1-7-5-8(10)6-12(9(7)13)4-2-3-11/h5-6H,2-4H2,1H3. The van der Waals surface area contributed by atoms with Gasteiger partial charge in [-0.1, -0.05) is 0 Å². The average Bonchev–Trinajstić information content (AvgIpc) is 2.09. The molecule has 2 nitrogen and oxygen atoms in total. The fourth-order valence-electron chi connectivity index (χ4n) is 1.14. The van der Waals surface area contributed by atoms with Crippen LogP contribution in [0, 0.1) is 6.92 Å². The number of hydrogen-bond donors (Lipinski definition) is 0. The van der Waals surface area contributed by atoms with E-state index in [1.54, 1.807) is 19.2 Å². The molecule has 0 unspecified atom stereocenters. The van der Waals surface area contributed by atoms with E-state index in [4.69, 9.17) is 0 Å². The van der Waals surface area contributed by atoms with E-state index in [0.29, 0.717) is 18.5 Å². The summed E-state index contributed by atoms with van der Waals surface area (Å²) in [7, 11) is 0. The van der Waals surface area contributed by atoms with Crippen LogP contribution < -0.4 is 5.56 Å². The first-order valence-corrected chi connectivity index (χ1v) is 4.87. The maximum absolute atomic E-state index is 11.9. The summed E-state index contributed by atoms with van der Waals surface area (Å²) in [6.45, 7) is 1.80. The van der Waals surface area contributed by atoms with E-state index in [1.807, 2.05) is 0 Å². The first kappa shape index (κ1) is 10.4. The molecule has 0 aromatic carbocycles. The summed E-state index contributed by atoms with van der Waals surface area (Å²) in [4.78, 5) is 11.4. The Morgan fingerprint density at radius 1 is 1.62 bits per heavy atom. The number of pyridine rings is 1. The fraction of sp³-hybridized carbons (Fsp3) is 0.444. The van der Waals surface area contributed by atoms with Crippen LogP contribution in [0.2, 0.25) is 0 Å². The molecule has 1 aromatic heterocycles. The normalized spacial score (nSPS) is 10.4. The van der Waals surface area contributed by atoms with E-state index in [-0.39, 0.29) is 5.56 Å². The number of alkyl halides is 1. The Bertz CT molecular complexity index is 348. The third-order valence-electron chi connectivity index (χ3n) is 1.76. The van der Waals surface area contributed by atoms with Crippen molar-refractivity contribution in [3.8, 4) is 0 Å². The molecule has 0 aliphatic rings. The lowest BCUT2D eigenvalue weighted by Gasteiger charge is -2.05. The number of aryl methyl sites for hydroxylation is 2. The minimum atomic E-state index is -0.391. The molecule has 0 amide bonds. The molecule has 1 rings (SSSR count). The molecule has 0 atom stereocenters. The molecule has 1 aromatic rings. The molecular weight excluding hydrogens is 237 g/mol. The molecule has 0 N–H and O–H groups in total. The number of nitrogens with zero attached hydrogens (tertiary/aromatic N) is 1. The first-order chi connectivity index (χ1) is 6.15. The van der Waals surface area contributed by atoms with Crippen LogP contribution in [0.15, 0.2) is 21.5 Å². The molecule has 0 aliphatic carbocycles. The largest absolute Gasteiger partial charge is 0.314 e. The number of hydrogen-bond acceptors (Lipinski definition) is 1. The molecular formula is C9H11BrFNO.